The molecule has 2 aromatic rings. The highest BCUT2D eigenvalue weighted by Crippen LogP contribution is 2.25. The smallest absolute Gasteiger partial charge is 0.343 e. The van der Waals surface area contributed by atoms with Gasteiger partial charge < -0.3 is 9.47 Å². The highest BCUT2D eigenvalue weighted by atomic mass is 127. The lowest BCUT2D eigenvalue weighted by Crippen LogP contribution is -2.10. The van der Waals surface area contributed by atoms with E-state index in [2.05, 4.69) is 38.5 Å². The van der Waals surface area contributed by atoms with Crippen LogP contribution < -0.4 is 9.47 Å². The van der Waals surface area contributed by atoms with Crippen molar-refractivity contribution < 1.29 is 19.1 Å². The quantitative estimate of drug-likeness (QED) is 0.298. The van der Waals surface area contributed by atoms with E-state index in [1.165, 1.54) is 0 Å². The fourth-order valence-electron chi connectivity index (χ4n) is 1.66. The zero-order chi connectivity index (χ0) is 15.4. The van der Waals surface area contributed by atoms with Crippen molar-refractivity contribution in [1.29, 1.82) is 0 Å². The molecule has 0 N–H and O–H groups in total. The van der Waals surface area contributed by atoms with Crippen molar-refractivity contribution in [1.82, 2.24) is 0 Å². The molecule has 0 saturated heterocycles. The largest absolute Gasteiger partial charge is 0.496 e. The molecule has 0 heterocycles. The van der Waals surface area contributed by atoms with Crippen molar-refractivity contribution >= 4 is 50.8 Å². The van der Waals surface area contributed by atoms with Gasteiger partial charge in [0.25, 0.3) is 0 Å². The monoisotopic (exact) mass is 460 g/mol. The molecular formula is C15H10BrIO4. The van der Waals surface area contributed by atoms with Gasteiger partial charge >= 0.3 is 5.97 Å². The van der Waals surface area contributed by atoms with Crippen LogP contribution in [0.3, 0.4) is 0 Å². The maximum Gasteiger partial charge on any atom is 0.343 e. The highest BCUT2D eigenvalue weighted by molar-refractivity contribution is 14.1. The second-order valence-corrected chi connectivity index (χ2v) is 6.12. The minimum atomic E-state index is -0.527. The average molecular weight is 461 g/mol. The van der Waals surface area contributed by atoms with Gasteiger partial charge in [0.15, 0.2) is 6.29 Å². The number of hydrogen-bond acceptors (Lipinski definition) is 4. The molecule has 2 rings (SSSR count). The molecule has 108 valence electrons. The summed E-state index contributed by atoms with van der Waals surface area (Å²) in [6.07, 6.45) is 0.644. The average Bonchev–Trinajstić information content (AvgIpc) is 2.48. The van der Waals surface area contributed by atoms with Gasteiger partial charge in [-0.2, -0.15) is 0 Å². The maximum atomic E-state index is 12.1. The van der Waals surface area contributed by atoms with Crippen LogP contribution in [0.15, 0.2) is 40.9 Å². The Morgan fingerprint density at radius 3 is 2.52 bits per heavy atom. The Labute approximate surface area is 143 Å². The summed E-state index contributed by atoms with van der Waals surface area (Å²) in [4.78, 5) is 23.1. The van der Waals surface area contributed by atoms with Gasteiger partial charge in [-0.3, -0.25) is 4.79 Å². The van der Waals surface area contributed by atoms with Gasteiger partial charge in [-0.05, 0) is 59.0 Å². The standard InChI is InChI=1S/C15H10BrIO4/c1-20-14-4-2-9(7-12(14)17)15(19)21-13-5-3-11(16)6-10(13)8-18/h2-8H,1H3. The first-order valence-corrected chi connectivity index (χ1v) is 7.72. The number of aldehydes is 1. The van der Waals surface area contributed by atoms with Gasteiger partial charge in [0.1, 0.15) is 11.5 Å². The molecule has 6 heteroatoms. The summed E-state index contributed by atoms with van der Waals surface area (Å²) < 4.78 is 11.9. The number of benzene rings is 2. The lowest BCUT2D eigenvalue weighted by molar-refractivity contribution is 0.0733. The van der Waals surface area contributed by atoms with Crippen molar-refractivity contribution in [2.75, 3.05) is 7.11 Å². The molecule has 4 nitrogen and oxygen atoms in total. The highest BCUT2D eigenvalue weighted by Gasteiger charge is 2.13. The normalized spacial score (nSPS) is 10.0. The van der Waals surface area contributed by atoms with E-state index in [4.69, 9.17) is 9.47 Å². The molecule has 0 aromatic heterocycles. The van der Waals surface area contributed by atoms with Gasteiger partial charge in [0.05, 0.1) is 21.8 Å². The summed E-state index contributed by atoms with van der Waals surface area (Å²) in [7, 11) is 1.56. The van der Waals surface area contributed by atoms with E-state index in [1.54, 1.807) is 43.5 Å². The predicted octanol–water partition coefficient (Wildman–Crippen LogP) is 4.09. The van der Waals surface area contributed by atoms with Gasteiger partial charge in [0.2, 0.25) is 0 Å². The fraction of sp³-hybridized carbons (Fsp3) is 0.0667. The van der Waals surface area contributed by atoms with Crippen molar-refractivity contribution in [3.05, 3.63) is 55.6 Å². The van der Waals surface area contributed by atoms with Crippen LogP contribution in [0, 0.1) is 3.57 Å². The van der Waals surface area contributed by atoms with Crippen LogP contribution in [-0.2, 0) is 0 Å². The van der Waals surface area contributed by atoms with Crippen LogP contribution in [0.4, 0.5) is 0 Å². The number of rotatable bonds is 4. The zero-order valence-corrected chi connectivity index (χ0v) is 14.7. The number of halogens is 2. The molecule has 0 fully saturated rings. The van der Waals surface area contributed by atoms with E-state index in [0.29, 0.717) is 23.2 Å². The fourth-order valence-corrected chi connectivity index (χ4v) is 2.77. The summed E-state index contributed by atoms with van der Waals surface area (Å²) >= 11 is 5.33. The third kappa shape index (κ3) is 3.82. The molecule has 0 atom stereocenters. The molecule has 0 unspecified atom stereocenters. The number of hydrogen-bond donors (Lipinski definition) is 0. The van der Waals surface area contributed by atoms with Crippen LogP contribution in [0.1, 0.15) is 20.7 Å². The first-order chi connectivity index (χ1) is 10.0. The van der Waals surface area contributed by atoms with E-state index < -0.39 is 5.97 Å². The van der Waals surface area contributed by atoms with Crippen molar-refractivity contribution in [3.63, 3.8) is 0 Å². The Morgan fingerprint density at radius 2 is 1.90 bits per heavy atom. The molecule has 0 aliphatic carbocycles. The van der Waals surface area contributed by atoms with Gasteiger partial charge in [-0.25, -0.2) is 4.79 Å². The van der Waals surface area contributed by atoms with E-state index in [1.807, 2.05) is 0 Å². The predicted molar refractivity (Wildman–Crippen MR) is 90.2 cm³/mol. The molecule has 0 spiro atoms. The van der Waals surface area contributed by atoms with Crippen LogP contribution in [0.2, 0.25) is 0 Å². The number of carbonyl (C=O) groups excluding carboxylic acids is 2. The minimum absolute atomic E-state index is 0.226. The number of methoxy groups -OCH3 is 1. The number of ether oxygens (including phenoxy) is 2. The van der Waals surface area contributed by atoms with Gasteiger partial charge in [0, 0.05) is 4.47 Å². The third-order valence-corrected chi connectivity index (χ3v) is 4.03. The van der Waals surface area contributed by atoms with E-state index in [9.17, 15) is 9.59 Å². The molecule has 0 amide bonds. The van der Waals surface area contributed by atoms with Crippen LogP contribution >= 0.6 is 38.5 Å². The molecule has 0 saturated carbocycles. The minimum Gasteiger partial charge on any atom is -0.496 e. The Bertz CT molecular complexity index is 700. The molecule has 0 bridgehead atoms. The van der Waals surface area contributed by atoms with Gasteiger partial charge in [-0.1, -0.05) is 15.9 Å². The SMILES string of the molecule is COc1ccc(C(=O)Oc2ccc(Br)cc2C=O)cc1I. The van der Waals surface area contributed by atoms with E-state index in [0.717, 1.165) is 8.04 Å². The second kappa shape index (κ2) is 7.04. The Morgan fingerprint density at radius 1 is 1.19 bits per heavy atom. The summed E-state index contributed by atoms with van der Waals surface area (Å²) in [6, 6.07) is 9.84. The first-order valence-electron chi connectivity index (χ1n) is 5.85. The van der Waals surface area contributed by atoms with Crippen LogP contribution in [0.5, 0.6) is 11.5 Å². The lowest BCUT2D eigenvalue weighted by atomic mass is 10.2. The van der Waals surface area contributed by atoms with Crippen molar-refractivity contribution in [2.45, 2.75) is 0 Å². The van der Waals surface area contributed by atoms with E-state index >= 15 is 0 Å². The van der Waals surface area contributed by atoms with Gasteiger partial charge in [-0.15, -0.1) is 0 Å². The molecule has 0 radical (unpaired) electrons. The summed E-state index contributed by atoms with van der Waals surface area (Å²) in [5.41, 5.74) is 0.695. The molecule has 0 aliphatic heterocycles. The number of carbonyl (C=O) groups is 2. The van der Waals surface area contributed by atoms with E-state index in [-0.39, 0.29) is 5.75 Å². The summed E-state index contributed by atoms with van der Waals surface area (Å²) in [6.45, 7) is 0. The number of esters is 1. The second-order valence-electron chi connectivity index (χ2n) is 4.04. The van der Waals surface area contributed by atoms with Crippen LogP contribution in [0.25, 0.3) is 0 Å². The molecule has 2 aromatic carbocycles. The zero-order valence-electron chi connectivity index (χ0n) is 10.9. The topological polar surface area (TPSA) is 52.6 Å². The molecule has 0 aliphatic rings. The van der Waals surface area contributed by atoms with Crippen molar-refractivity contribution in [2.24, 2.45) is 0 Å². The molecule has 21 heavy (non-hydrogen) atoms. The van der Waals surface area contributed by atoms with Crippen LogP contribution in [-0.4, -0.2) is 19.4 Å². The Kier molecular flexibility index (Phi) is 5.35. The maximum absolute atomic E-state index is 12.1. The Hall–Kier alpha value is -1.41. The summed E-state index contributed by atoms with van der Waals surface area (Å²) in [5.74, 6) is 0.384. The Balaban J connectivity index is 2.26. The lowest BCUT2D eigenvalue weighted by Gasteiger charge is -2.08. The molecular weight excluding hydrogens is 451 g/mol. The summed E-state index contributed by atoms with van der Waals surface area (Å²) in [5, 5.41) is 0. The van der Waals surface area contributed by atoms with Crippen molar-refractivity contribution in [3.8, 4) is 11.5 Å². The third-order valence-electron chi connectivity index (χ3n) is 2.69. The first kappa shape index (κ1) is 16.0.